The van der Waals surface area contributed by atoms with Gasteiger partial charge in [-0.3, -0.25) is 4.79 Å². The maximum atomic E-state index is 13.2. The molecule has 8 heteroatoms. The van der Waals surface area contributed by atoms with E-state index in [1.807, 2.05) is 44.2 Å². The highest BCUT2D eigenvalue weighted by molar-refractivity contribution is 7.91. The molecule has 3 heterocycles. The first-order chi connectivity index (χ1) is 15.1. The van der Waals surface area contributed by atoms with E-state index >= 15 is 0 Å². The van der Waals surface area contributed by atoms with Crippen LogP contribution in [0.25, 0.3) is 22.3 Å². The largest absolute Gasteiger partial charge is 0.352 e. The van der Waals surface area contributed by atoms with Crippen LogP contribution >= 0.6 is 0 Å². The summed E-state index contributed by atoms with van der Waals surface area (Å²) in [5, 5.41) is 8.36. The van der Waals surface area contributed by atoms with Gasteiger partial charge in [-0.2, -0.15) is 5.10 Å². The molecule has 1 N–H and O–H groups in total. The Labute approximate surface area is 189 Å². The van der Waals surface area contributed by atoms with Crippen molar-refractivity contribution in [2.24, 2.45) is 5.92 Å². The number of hydrogen-bond donors (Lipinski definition) is 1. The monoisotopic (exact) mass is 454 g/mol. The molecular formula is C24H30N4O3S. The molecule has 1 aliphatic heterocycles. The fourth-order valence-corrected chi connectivity index (χ4v) is 5.85. The first-order valence-corrected chi connectivity index (χ1v) is 12.9. The zero-order chi connectivity index (χ0) is 23.0. The number of rotatable bonds is 6. The summed E-state index contributed by atoms with van der Waals surface area (Å²) >= 11 is 0. The van der Waals surface area contributed by atoms with Crippen LogP contribution in [0.1, 0.15) is 54.3 Å². The molecule has 3 aromatic rings. The summed E-state index contributed by atoms with van der Waals surface area (Å²) in [6, 6.07) is 9.54. The van der Waals surface area contributed by atoms with Crippen LogP contribution < -0.4 is 5.32 Å². The van der Waals surface area contributed by atoms with E-state index < -0.39 is 9.84 Å². The van der Waals surface area contributed by atoms with Crippen molar-refractivity contribution < 1.29 is 13.2 Å². The summed E-state index contributed by atoms with van der Waals surface area (Å²) in [4.78, 5) is 18.1. The van der Waals surface area contributed by atoms with Gasteiger partial charge in [0, 0.05) is 12.1 Å². The van der Waals surface area contributed by atoms with Crippen molar-refractivity contribution in [3.05, 3.63) is 47.2 Å². The smallest absolute Gasteiger partial charge is 0.252 e. The van der Waals surface area contributed by atoms with Gasteiger partial charge in [0.15, 0.2) is 15.5 Å². The highest BCUT2D eigenvalue weighted by Crippen LogP contribution is 2.32. The van der Waals surface area contributed by atoms with Gasteiger partial charge in [0.05, 0.1) is 39.9 Å². The molecule has 170 valence electrons. The van der Waals surface area contributed by atoms with E-state index in [0.29, 0.717) is 46.9 Å². The number of benzene rings is 1. The Morgan fingerprint density at radius 2 is 1.94 bits per heavy atom. The van der Waals surface area contributed by atoms with Crippen molar-refractivity contribution in [3.8, 4) is 11.3 Å². The number of nitrogens with zero attached hydrogens (tertiary/aromatic N) is 3. The van der Waals surface area contributed by atoms with Gasteiger partial charge in [0.25, 0.3) is 5.91 Å². The number of carbonyl (C=O) groups excluding carboxylic acids is 1. The number of sulfone groups is 1. The van der Waals surface area contributed by atoms with Crippen LogP contribution in [-0.4, -0.2) is 47.1 Å². The Kier molecular flexibility index (Phi) is 6.07. The second-order valence-electron chi connectivity index (χ2n) is 9.14. The fourth-order valence-electron chi connectivity index (χ4n) is 4.16. The number of aryl methyl sites for hydroxylation is 2. The van der Waals surface area contributed by atoms with Gasteiger partial charge in [-0.15, -0.1) is 0 Å². The maximum Gasteiger partial charge on any atom is 0.252 e. The van der Waals surface area contributed by atoms with E-state index in [1.54, 1.807) is 4.68 Å². The summed E-state index contributed by atoms with van der Waals surface area (Å²) in [6.45, 7) is 8.70. The molecule has 1 atom stereocenters. The average Bonchev–Trinajstić information content (AvgIpc) is 3.26. The SMILES string of the molecule is Cc1ccc(-c2cc(C(=O)NCCC(C)C)c3c(C)nn(C4CCS(=O)(=O)C4)c3n2)cc1. The first kappa shape index (κ1) is 22.5. The van der Waals surface area contributed by atoms with Crippen LogP contribution in [0.4, 0.5) is 0 Å². The van der Waals surface area contributed by atoms with Gasteiger partial charge in [0.1, 0.15) is 0 Å². The summed E-state index contributed by atoms with van der Waals surface area (Å²) in [7, 11) is -3.08. The molecular weight excluding hydrogens is 424 g/mol. The lowest BCUT2D eigenvalue weighted by molar-refractivity contribution is 0.0953. The third-order valence-electron chi connectivity index (χ3n) is 5.99. The van der Waals surface area contributed by atoms with Crippen LogP contribution in [-0.2, 0) is 9.84 Å². The summed E-state index contributed by atoms with van der Waals surface area (Å²) < 4.78 is 25.9. The zero-order valence-electron chi connectivity index (χ0n) is 19.1. The predicted molar refractivity (Wildman–Crippen MR) is 127 cm³/mol. The molecule has 1 aliphatic rings. The maximum absolute atomic E-state index is 13.2. The van der Waals surface area contributed by atoms with Crippen molar-refractivity contribution >= 4 is 26.8 Å². The average molecular weight is 455 g/mol. The zero-order valence-corrected chi connectivity index (χ0v) is 19.9. The lowest BCUT2D eigenvalue weighted by atomic mass is 10.0. The third-order valence-corrected chi connectivity index (χ3v) is 7.74. The minimum absolute atomic E-state index is 0.0512. The van der Waals surface area contributed by atoms with Gasteiger partial charge in [0.2, 0.25) is 0 Å². The van der Waals surface area contributed by atoms with Crippen LogP contribution in [0, 0.1) is 19.8 Å². The van der Waals surface area contributed by atoms with Gasteiger partial charge in [-0.25, -0.2) is 18.1 Å². The topological polar surface area (TPSA) is 94.0 Å². The van der Waals surface area contributed by atoms with E-state index in [4.69, 9.17) is 4.98 Å². The van der Waals surface area contributed by atoms with E-state index in [1.165, 1.54) is 0 Å². The fraction of sp³-hybridized carbons (Fsp3) is 0.458. The van der Waals surface area contributed by atoms with Crippen LogP contribution in [0.15, 0.2) is 30.3 Å². The molecule has 1 unspecified atom stereocenters. The van der Waals surface area contributed by atoms with E-state index in [9.17, 15) is 13.2 Å². The molecule has 32 heavy (non-hydrogen) atoms. The molecule has 1 amide bonds. The summed E-state index contributed by atoms with van der Waals surface area (Å²) in [5.74, 6) is 0.534. The van der Waals surface area contributed by atoms with E-state index in [-0.39, 0.29) is 23.5 Å². The Morgan fingerprint density at radius 1 is 1.22 bits per heavy atom. The number of aromatic nitrogens is 3. The molecule has 1 aromatic carbocycles. The van der Waals surface area contributed by atoms with Crippen LogP contribution in [0.5, 0.6) is 0 Å². The van der Waals surface area contributed by atoms with Crippen molar-refractivity contribution in [2.45, 2.75) is 46.6 Å². The van der Waals surface area contributed by atoms with Crippen molar-refractivity contribution in [1.29, 1.82) is 0 Å². The molecule has 4 rings (SSSR count). The van der Waals surface area contributed by atoms with Crippen molar-refractivity contribution in [3.63, 3.8) is 0 Å². The molecule has 0 saturated carbocycles. The minimum Gasteiger partial charge on any atom is -0.352 e. The van der Waals surface area contributed by atoms with Gasteiger partial charge in [-0.1, -0.05) is 43.7 Å². The summed E-state index contributed by atoms with van der Waals surface area (Å²) in [6.07, 6.45) is 1.40. The van der Waals surface area contributed by atoms with Gasteiger partial charge >= 0.3 is 0 Å². The molecule has 0 aliphatic carbocycles. The predicted octanol–water partition coefficient (Wildman–Crippen LogP) is 3.85. The first-order valence-electron chi connectivity index (χ1n) is 11.1. The Balaban J connectivity index is 1.85. The van der Waals surface area contributed by atoms with E-state index in [0.717, 1.165) is 17.5 Å². The van der Waals surface area contributed by atoms with Gasteiger partial charge in [-0.05, 0) is 38.7 Å². The molecule has 1 saturated heterocycles. The number of hydrogen-bond acceptors (Lipinski definition) is 5. The Hall–Kier alpha value is -2.74. The second kappa shape index (κ2) is 8.65. The van der Waals surface area contributed by atoms with Crippen LogP contribution in [0.2, 0.25) is 0 Å². The highest BCUT2D eigenvalue weighted by Gasteiger charge is 2.32. The number of fused-ring (bicyclic) bond motifs is 1. The highest BCUT2D eigenvalue weighted by atomic mass is 32.2. The molecule has 2 aromatic heterocycles. The minimum atomic E-state index is -3.08. The molecule has 1 fully saturated rings. The lowest BCUT2D eigenvalue weighted by Gasteiger charge is -2.13. The quantitative estimate of drug-likeness (QED) is 0.611. The van der Waals surface area contributed by atoms with Crippen LogP contribution in [0.3, 0.4) is 0 Å². The Morgan fingerprint density at radius 3 is 2.56 bits per heavy atom. The number of carbonyl (C=O) groups is 1. The number of pyridine rings is 1. The second-order valence-corrected chi connectivity index (χ2v) is 11.4. The normalized spacial score (nSPS) is 17.8. The summed E-state index contributed by atoms with van der Waals surface area (Å²) in [5.41, 5.74) is 4.49. The molecule has 0 bridgehead atoms. The molecule has 0 spiro atoms. The third kappa shape index (κ3) is 4.55. The molecule has 0 radical (unpaired) electrons. The number of nitrogens with one attached hydrogen (secondary N) is 1. The van der Waals surface area contributed by atoms with Crippen molar-refractivity contribution in [1.82, 2.24) is 20.1 Å². The number of amides is 1. The lowest BCUT2D eigenvalue weighted by Crippen LogP contribution is -2.25. The van der Waals surface area contributed by atoms with Crippen molar-refractivity contribution in [2.75, 3.05) is 18.1 Å². The van der Waals surface area contributed by atoms with E-state index in [2.05, 4.69) is 24.3 Å². The molecule has 7 nitrogen and oxygen atoms in total. The van der Waals surface area contributed by atoms with Gasteiger partial charge < -0.3 is 5.32 Å². The standard InChI is InChI=1S/C24H30N4O3S/c1-15(2)9-11-25-24(29)20-13-21(18-7-5-16(3)6-8-18)26-23-22(20)17(4)27-28(23)19-10-12-32(30,31)14-19/h5-8,13,15,19H,9-12,14H2,1-4H3,(H,25,29). The Bertz CT molecular complexity index is 1260.